The number of hydrogen-bond acceptors (Lipinski definition) is 4. The lowest BCUT2D eigenvalue weighted by Crippen LogP contribution is -2.29. The fourth-order valence-electron chi connectivity index (χ4n) is 3.45. The zero-order valence-corrected chi connectivity index (χ0v) is 18.5. The van der Waals surface area contributed by atoms with E-state index in [0.29, 0.717) is 52.3 Å². The molecule has 1 aliphatic rings. The Labute approximate surface area is 186 Å². The number of nitrogens with one attached hydrogen (secondary N) is 1. The Balaban J connectivity index is 1.81. The zero-order valence-electron chi connectivity index (χ0n) is 17.0. The maximum Gasteiger partial charge on any atom is 0.256 e. The number of carbonyl (C=O) groups excluding carboxylic acids is 2. The lowest BCUT2D eigenvalue weighted by molar-refractivity contribution is -0.116. The second kappa shape index (κ2) is 10.0. The second-order valence-electron chi connectivity index (χ2n) is 7.01. The van der Waals surface area contributed by atoms with E-state index >= 15 is 0 Å². The molecule has 0 spiro atoms. The average molecular weight is 451 g/mol. The first-order chi connectivity index (χ1) is 14.4. The van der Waals surface area contributed by atoms with Crippen molar-refractivity contribution in [3.05, 3.63) is 51.5 Å². The largest absolute Gasteiger partial charge is 0.493 e. The van der Waals surface area contributed by atoms with Crippen LogP contribution in [0.15, 0.2) is 30.3 Å². The monoisotopic (exact) mass is 450 g/mol. The number of carbonyl (C=O) groups is 2. The maximum absolute atomic E-state index is 13.0. The highest BCUT2D eigenvalue weighted by molar-refractivity contribution is 6.42. The van der Waals surface area contributed by atoms with E-state index in [1.807, 2.05) is 6.07 Å². The van der Waals surface area contributed by atoms with Crippen molar-refractivity contribution >= 4 is 40.7 Å². The van der Waals surface area contributed by atoms with Crippen LogP contribution < -0.4 is 14.8 Å². The van der Waals surface area contributed by atoms with Gasteiger partial charge in [-0.3, -0.25) is 9.59 Å². The number of ether oxygens (including phenoxy) is 2. The first-order valence-electron chi connectivity index (χ1n) is 9.72. The van der Waals surface area contributed by atoms with Gasteiger partial charge in [0.1, 0.15) is 0 Å². The molecule has 1 aliphatic heterocycles. The lowest BCUT2D eigenvalue weighted by Gasteiger charge is -2.20. The summed E-state index contributed by atoms with van der Waals surface area (Å²) in [5, 5.41) is 3.75. The maximum atomic E-state index is 13.0. The molecule has 0 radical (unpaired) electrons. The molecule has 160 valence electrons. The summed E-state index contributed by atoms with van der Waals surface area (Å²) in [6.45, 7) is 1.40. The minimum absolute atomic E-state index is 0.137. The highest BCUT2D eigenvalue weighted by atomic mass is 35.5. The SMILES string of the molecule is COc1cc(NC(=O)CCc2cccc(Cl)c2Cl)c(C(=O)N2CCCC2)cc1OC. The van der Waals surface area contributed by atoms with Gasteiger partial charge >= 0.3 is 0 Å². The summed E-state index contributed by atoms with van der Waals surface area (Å²) in [4.78, 5) is 27.5. The van der Waals surface area contributed by atoms with Gasteiger partial charge in [0.2, 0.25) is 5.91 Å². The minimum atomic E-state index is -0.242. The lowest BCUT2D eigenvalue weighted by atomic mass is 10.1. The number of hydrogen-bond donors (Lipinski definition) is 1. The molecule has 0 atom stereocenters. The Morgan fingerprint density at radius 2 is 1.73 bits per heavy atom. The van der Waals surface area contributed by atoms with Crippen LogP contribution >= 0.6 is 23.2 Å². The van der Waals surface area contributed by atoms with Crippen LogP contribution in [-0.2, 0) is 11.2 Å². The average Bonchev–Trinajstić information content (AvgIpc) is 3.29. The Morgan fingerprint density at radius 3 is 2.40 bits per heavy atom. The molecule has 1 fully saturated rings. The van der Waals surface area contributed by atoms with Crippen molar-refractivity contribution in [1.82, 2.24) is 4.90 Å². The molecular weight excluding hydrogens is 427 g/mol. The van der Waals surface area contributed by atoms with E-state index in [4.69, 9.17) is 32.7 Å². The first kappa shape index (κ1) is 22.2. The van der Waals surface area contributed by atoms with Gasteiger partial charge in [0.15, 0.2) is 11.5 Å². The molecule has 6 nitrogen and oxygen atoms in total. The number of nitrogens with zero attached hydrogens (tertiary/aromatic N) is 1. The Bertz CT molecular complexity index is 943. The standard InChI is InChI=1S/C22H24Cl2N2O4/c1-29-18-12-15(22(28)26-10-3-4-11-26)17(13-19(18)30-2)25-20(27)9-8-14-6-5-7-16(23)21(14)24/h5-7,12-13H,3-4,8-11H2,1-2H3,(H,25,27). The van der Waals surface area contributed by atoms with Crippen molar-refractivity contribution in [2.45, 2.75) is 25.7 Å². The quantitative estimate of drug-likeness (QED) is 0.656. The molecule has 0 saturated carbocycles. The normalized spacial score (nSPS) is 13.3. The van der Waals surface area contributed by atoms with E-state index in [9.17, 15) is 9.59 Å². The van der Waals surface area contributed by atoms with Crippen LogP contribution in [0.5, 0.6) is 11.5 Å². The fourth-order valence-corrected chi connectivity index (χ4v) is 3.87. The molecule has 8 heteroatoms. The number of rotatable bonds is 7. The number of benzene rings is 2. The molecule has 30 heavy (non-hydrogen) atoms. The van der Waals surface area contributed by atoms with Gasteiger partial charge in [-0.15, -0.1) is 0 Å². The van der Waals surface area contributed by atoms with Gasteiger partial charge in [0.05, 0.1) is 35.5 Å². The number of halogens is 2. The van der Waals surface area contributed by atoms with E-state index in [2.05, 4.69) is 5.32 Å². The van der Waals surface area contributed by atoms with Crippen molar-refractivity contribution in [1.29, 1.82) is 0 Å². The van der Waals surface area contributed by atoms with Gasteiger partial charge in [0, 0.05) is 25.6 Å². The van der Waals surface area contributed by atoms with Gasteiger partial charge < -0.3 is 19.7 Å². The van der Waals surface area contributed by atoms with Crippen LogP contribution in [0.2, 0.25) is 10.0 Å². The minimum Gasteiger partial charge on any atom is -0.493 e. The summed E-state index contributed by atoms with van der Waals surface area (Å²) in [5.41, 5.74) is 1.57. The predicted octanol–water partition coefficient (Wildman–Crippen LogP) is 4.82. The molecule has 1 N–H and O–H groups in total. The molecule has 1 saturated heterocycles. The second-order valence-corrected chi connectivity index (χ2v) is 7.80. The number of likely N-dealkylation sites (tertiary alicyclic amines) is 1. The summed E-state index contributed by atoms with van der Waals surface area (Å²) in [5.74, 6) is 0.489. The third-order valence-corrected chi connectivity index (χ3v) is 5.93. The zero-order chi connectivity index (χ0) is 21.7. The smallest absolute Gasteiger partial charge is 0.256 e. The number of anilines is 1. The molecular formula is C22H24Cl2N2O4. The highest BCUT2D eigenvalue weighted by Gasteiger charge is 2.25. The van der Waals surface area contributed by atoms with Gasteiger partial charge in [-0.1, -0.05) is 35.3 Å². The molecule has 2 amide bonds. The van der Waals surface area contributed by atoms with Crippen LogP contribution in [0, 0.1) is 0 Å². The van der Waals surface area contributed by atoms with E-state index in [-0.39, 0.29) is 18.2 Å². The van der Waals surface area contributed by atoms with Crippen molar-refractivity contribution in [3.8, 4) is 11.5 Å². The van der Waals surface area contributed by atoms with Crippen molar-refractivity contribution < 1.29 is 19.1 Å². The van der Waals surface area contributed by atoms with E-state index < -0.39 is 0 Å². The third-order valence-electron chi connectivity index (χ3n) is 5.07. The first-order valence-corrected chi connectivity index (χ1v) is 10.5. The third kappa shape index (κ3) is 4.99. The van der Waals surface area contributed by atoms with Crippen molar-refractivity contribution in [3.63, 3.8) is 0 Å². The number of methoxy groups -OCH3 is 2. The van der Waals surface area contributed by atoms with Crippen LogP contribution in [-0.4, -0.2) is 44.0 Å². The van der Waals surface area contributed by atoms with Gasteiger partial charge in [-0.2, -0.15) is 0 Å². The predicted molar refractivity (Wildman–Crippen MR) is 118 cm³/mol. The van der Waals surface area contributed by atoms with E-state index in [0.717, 1.165) is 18.4 Å². The molecule has 2 aromatic rings. The van der Waals surface area contributed by atoms with Gasteiger partial charge in [0.25, 0.3) is 5.91 Å². The summed E-state index contributed by atoms with van der Waals surface area (Å²) >= 11 is 12.2. The number of amides is 2. The summed E-state index contributed by atoms with van der Waals surface area (Å²) in [6.07, 6.45) is 2.56. The van der Waals surface area contributed by atoms with Crippen LogP contribution in [0.3, 0.4) is 0 Å². The number of aryl methyl sites for hydroxylation is 1. The Hall–Kier alpha value is -2.44. The molecule has 0 unspecified atom stereocenters. The van der Waals surface area contributed by atoms with Gasteiger partial charge in [-0.05, 0) is 37.0 Å². The van der Waals surface area contributed by atoms with Crippen molar-refractivity contribution in [2.75, 3.05) is 32.6 Å². The van der Waals surface area contributed by atoms with Gasteiger partial charge in [-0.25, -0.2) is 0 Å². The summed E-state index contributed by atoms with van der Waals surface area (Å²) < 4.78 is 10.7. The Morgan fingerprint density at radius 1 is 1.07 bits per heavy atom. The topological polar surface area (TPSA) is 67.9 Å². The van der Waals surface area contributed by atoms with Crippen LogP contribution in [0.4, 0.5) is 5.69 Å². The molecule has 0 bridgehead atoms. The molecule has 1 heterocycles. The van der Waals surface area contributed by atoms with Crippen LogP contribution in [0.1, 0.15) is 35.2 Å². The Kier molecular flexibility index (Phi) is 7.45. The molecule has 0 aliphatic carbocycles. The summed E-state index contributed by atoms with van der Waals surface area (Å²) in [7, 11) is 3.02. The van der Waals surface area contributed by atoms with Crippen LogP contribution in [0.25, 0.3) is 0 Å². The summed E-state index contributed by atoms with van der Waals surface area (Å²) in [6, 6.07) is 8.56. The van der Waals surface area contributed by atoms with E-state index in [1.165, 1.54) is 14.2 Å². The van der Waals surface area contributed by atoms with Crippen molar-refractivity contribution in [2.24, 2.45) is 0 Å². The molecule has 3 rings (SSSR count). The molecule has 2 aromatic carbocycles. The fraction of sp³-hybridized carbons (Fsp3) is 0.364. The van der Waals surface area contributed by atoms with E-state index in [1.54, 1.807) is 29.2 Å². The molecule has 0 aromatic heterocycles. The highest BCUT2D eigenvalue weighted by Crippen LogP contribution is 2.35.